The summed E-state index contributed by atoms with van der Waals surface area (Å²) in [6.07, 6.45) is -4.91. The summed E-state index contributed by atoms with van der Waals surface area (Å²) in [5, 5.41) is 2.08. The van der Waals surface area contributed by atoms with Crippen molar-refractivity contribution in [2.75, 3.05) is 17.4 Å². The lowest BCUT2D eigenvalue weighted by Gasteiger charge is -2.32. The number of anilines is 1. The van der Waals surface area contributed by atoms with Crippen LogP contribution < -0.4 is 9.62 Å². The zero-order chi connectivity index (χ0) is 32.1. The number of aryl methyl sites for hydroxylation is 1. The fourth-order valence-corrected chi connectivity index (χ4v) is 5.70. The number of alkyl halides is 3. The van der Waals surface area contributed by atoms with Crippen molar-refractivity contribution in [1.82, 2.24) is 10.2 Å². The Morgan fingerprint density at radius 1 is 0.953 bits per heavy atom. The zero-order valence-corrected chi connectivity index (χ0v) is 25.5. The summed E-state index contributed by atoms with van der Waals surface area (Å²) in [6, 6.07) is 12.1. The van der Waals surface area contributed by atoms with Crippen molar-refractivity contribution in [1.29, 1.82) is 0 Å². The van der Waals surface area contributed by atoms with Crippen molar-refractivity contribution in [3.8, 4) is 0 Å². The van der Waals surface area contributed by atoms with E-state index in [1.54, 1.807) is 6.92 Å². The van der Waals surface area contributed by atoms with E-state index < -0.39 is 62.7 Å². The third-order valence-electron chi connectivity index (χ3n) is 6.55. The molecular formula is C30H32ClF4N3O4S. The van der Waals surface area contributed by atoms with Gasteiger partial charge in [0.05, 0.1) is 21.2 Å². The predicted molar refractivity (Wildman–Crippen MR) is 156 cm³/mol. The van der Waals surface area contributed by atoms with Gasteiger partial charge in [-0.15, -0.1) is 0 Å². The number of hydrogen-bond donors (Lipinski definition) is 1. The molecule has 3 aromatic carbocycles. The van der Waals surface area contributed by atoms with E-state index in [0.717, 1.165) is 22.6 Å². The van der Waals surface area contributed by atoms with E-state index in [0.29, 0.717) is 22.5 Å². The number of hydrogen-bond acceptors (Lipinski definition) is 4. The van der Waals surface area contributed by atoms with Crippen LogP contribution in [0.5, 0.6) is 0 Å². The second kappa shape index (κ2) is 13.8. The maximum absolute atomic E-state index is 13.9. The smallest absolute Gasteiger partial charge is 0.354 e. The molecule has 0 radical (unpaired) electrons. The standard InChI is InChI=1S/C30H32ClF4N3O4S/c1-19(2)16-36-29(40)21(4)37(17-22-7-9-23(32)10-8-22)28(39)18-38(43(41,42)25-12-5-20(3)6-13-25)24-11-14-27(31)26(15-24)30(33,34)35/h5-15,19,21H,16-18H2,1-4H3,(H,36,40)/t21-/m1/s1. The zero-order valence-electron chi connectivity index (χ0n) is 24.0. The Bertz CT molecular complexity index is 1550. The Morgan fingerprint density at radius 2 is 1.56 bits per heavy atom. The van der Waals surface area contributed by atoms with Crippen LogP contribution in [0.4, 0.5) is 23.2 Å². The third-order valence-corrected chi connectivity index (χ3v) is 8.67. The quantitative estimate of drug-likeness (QED) is 0.253. The van der Waals surface area contributed by atoms with Crippen molar-refractivity contribution in [3.05, 3.63) is 94.3 Å². The molecule has 0 saturated carbocycles. The van der Waals surface area contributed by atoms with Crippen molar-refractivity contribution in [2.24, 2.45) is 5.92 Å². The summed E-state index contributed by atoms with van der Waals surface area (Å²) in [5.74, 6) is -1.83. The van der Waals surface area contributed by atoms with Crippen LogP contribution in [-0.4, -0.2) is 44.3 Å². The van der Waals surface area contributed by atoms with Crippen molar-refractivity contribution in [3.63, 3.8) is 0 Å². The van der Waals surface area contributed by atoms with Gasteiger partial charge in [0.1, 0.15) is 18.4 Å². The van der Waals surface area contributed by atoms with Crippen LogP contribution in [-0.2, 0) is 32.3 Å². The van der Waals surface area contributed by atoms with Crippen LogP contribution in [0.2, 0.25) is 5.02 Å². The maximum Gasteiger partial charge on any atom is 0.417 e. The number of halogens is 5. The van der Waals surface area contributed by atoms with Crippen LogP contribution >= 0.6 is 11.6 Å². The number of benzene rings is 3. The van der Waals surface area contributed by atoms with Crippen molar-refractivity contribution < 1.29 is 35.6 Å². The molecule has 3 aromatic rings. The van der Waals surface area contributed by atoms with Gasteiger partial charge in [0.2, 0.25) is 11.8 Å². The molecule has 7 nitrogen and oxygen atoms in total. The molecule has 3 rings (SSSR count). The van der Waals surface area contributed by atoms with E-state index in [2.05, 4.69) is 5.32 Å². The number of nitrogens with one attached hydrogen (secondary N) is 1. The first-order chi connectivity index (χ1) is 20.0. The number of nitrogens with zero attached hydrogens (tertiary/aromatic N) is 2. The SMILES string of the molecule is Cc1ccc(S(=O)(=O)N(CC(=O)N(Cc2ccc(F)cc2)[C@H](C)C(=O)NCC(C)C)c2ccc(Cl)c(C(F)(F)F)c2)cc1. The number of rotatable bonds is 11. The van der Waals surface area contributed by atoms with Crippen LogP contribution in [0.25, 0.3) is 0 Å². The van der Waals surface area contributed by atoms with Crippen molar-refractivity contribution in [2.45, 2.75) is 51.4 Å². The molecule has 0 unspecified atom stereocenters. The molecule has 0 bridgehead atoms. The first-order valence-electron chi connectivity index (χ1n) is 13.3. The predicted octanol–water partition coefficient (Wildman–Crippen LogP) is 6.19. The summed E-state index contributed by atoms with van der Waals surface area (Å²) < 4.78 is 83.0. The second-order valence-electron chi connectivity index (χ2n) is 10.4. The maximum atomic E-state index is 13.9. The second-order valence-corrected chi connectivity index (χ2v) is 12.7. The normalized spacial score (nSPS) is 12.6. The Labute approximate surface area is 253 Å². The molecule has 0 spiro atoms. The summed E-state index contributed by atoms with van der Waals surface area (Å²) >= 11 is 5.79. The van der Waals surface area contributed by atoms with Gasteiger partial charge in [-0.05, 0) is 67.8 Å². The molecule has 0 aliphatic rings. The fourth-order valence-electron chi connectivity index (χ4n) is 4.07. The molecule has 0 aliphatic heterocycles. The lowest BCUT2D eigenvalue weighted by atomic mass is 10.1. The summed E-state index contributed by atoms with van der Waals surface area (Å²) in [7, 11) is -4.60. The van der Waals surface area contributed by atoms with E-state index in [4.69, 9.17) is 11.6 Å². The number of carbonyl (C=O) groups is 2. The highest BCUT2D eigenvalue weighted by molar-refractivity contribution is 7.92. The highest BCUT2D eigenvalue weighted by atomic mass is 35.5. The monoisotopic (exact) mass is 641 g/mol. The van der Waals surface area contributed by atoms with E-state index >= 15 is 0 Å². The van der Waals surface area contributed by atoms with E-state index in [1.165, 1.54) is 55.5 Å². The fraction of sp³-hybridized carbons (Fsp3) is 0.333. The topological polar surface area (TPSA) is 86.8 Å². The molecule has 43 heavy (non-hydrogen) atoms. The van der Waals surface area contributed by atoms with Gasteiger partial charge in [-0.3, -0.25) is 13.9 Å². The van der Waals surface area contributed by atoms with Gasteiger partial charge in [-0.1, -0.05) is 55.3 Å². The van der Waals surface area contributed by atoms with Crippen LogP contribution in [0.15, 0.2) is 71.6 Å². The molecule has 232 valence electrons. The molecule has 2 amide bonds. The summed E-state index contributed by atoms with van der Waals surface area (Å²) in [4.78, 5) is 27.7. The minimum absolute atomic E-state index is 0.0975. The Kier molecular flexibility index (Phi) is 10.8. The summed E-state index contributed by atoms with van der Waals surface area (Å²) in [6.45, 7) is 6.08. The molecule has 0 saturated heterocycles. The molecule has 0 aliphatic carbocycles. The average molecular weight is 642 g/mol. The average Bonchev–Trinajstić information content (AvgIpc) is 2.93. The molecule has 1 atom stereocenters. The number of carbonyl (C=O) groups excluding carboxylic acids is 2. The van der Waals surface area contributed by atoms with Crippen LogP contribution in [0.1, 0.15) is 37.5 Å². The van der Waals surface area contributed by atoms with Crippen LogP contribution in [0.3, 0.4) is 0 Å². The summed E-state index contributed by atoms with van der Waals surface area (Å²) in [5.41, 5.74) is -0.562. The minimum atomic E-state index is -4.91. The third kappa shape index (κ3) is 8.70. The van der Waals surface area contributed by atoms with Crippen LogP contribution in [0, 0.1) is 18.7 Å². The van der Waals surface area contributed by atoms with E-state index in [1.807, 2.05) is 13.8 Å². The molecule has 1 N–H and O–H groups in total. The van der Waals surface area contributed by atoms with Gasteiger partial charge in [0.15, 0.2) is 0 Å². The lowest BCUT2D eigenvalue weighted by Crippen LogP contribution is -2.51. The van der Waals surface area contributed by atoms with Gasteiger partial charge in [-0.25, -0.2) is 12.8 Å². The minimum Gasteiger partial charge on any atom is -0.354 e. The molecule has 13 heteroatoms. The Morgan fingerprint density at radius 3 is 2.12 bits per heavy atom. The first kappa shape index (κ1) is 33.9. The molecule has 0 fully saturated rings. The first-order valence-corrected chi connectivity index (χ1v) is 15.1. The van der Waals surface area contributed by atoms with Gasteiger partial charge in [0, 0.05) is 13.1 Å². The Balaban J connectivity index is 2.10. The van der Waals surface area contributed by atoms with Crippen molar-refractivity contribution >= 4 is 39.1 Å². The van der Waals surface area contributed by atoms with Gasteiger partial charge < -0.3 is 10.2 Å². The number of amides is 2. The molecular weight excluding hydrogens is 610 g/mol. The van der Waals surface area contributed by atoms with Gasteiger partial charge in [0.25, 0.3) is 10.0 Å². The largest absolute Gasteiger partial charge is 0.417 e. The van der Waals surface area contributed by atoms with Gasteiger partial charge in [-0.2, -0.15) is 13.2 Å². The number of sulfonamides is 1. The molecule has 0 aromatic heterocycles. The highest BCUT2D eigenvalue weighted by Crippen LogP contribution is 2.38. The van der Waals surface area contributed by atoms with E-state index in [9.17, 15) is 35.6 Å². The van der Waals surface area contributed by atoms with Gasteiger partial charge >= 0.3 is 6.18 Å². The lowest BCUT2D eigenvalue weighted by molar-refractivity contribution is -0.139. The highest BCUT2D eigenvalue weighted by Gasteiger charge is 2.37. The molecule has 0 heterocycles. The Hall–Kier alpha value is -3.64. The van der Waals surface area contributed by atoms with E-state index in [-0.39, 0.29) is 17.4 Å².